The Bertz CT molecular complexity index is 249. The summed E-state index contributed by atoms with van der Waals surface area (Å²) in [4.78, 5) is 25.9. The van der Waals surface area contributed by atoms with Gasteiger partial charge in [0, 0.05) is 20.1 Å². The van der Waals surface area contributed by atoms with E-state index in [1.807, 2.05) is 0 Å². The van der Waals surface area contributed by atoms with Crippen molar-refractivity contribution in [3.8, 4) is 0 Å². The molecule has 0 unspecified atom stereocenters. The van der Waals surface area contributed by atoms with Gasteiger partial charge in [-0.15, -0.1) is 0 Å². The quantitative estimate of drug-likeness (QED) is 0.596. The molecule has 2 amide bonds. The molecule has 16 heavy (non-hydrogen) atoms. The minimum absolute atomic E-state index is 0.00900. The molecule has 0 aliphatic carbocycles. The second-order valence-corrected chi connectivity index (χ2v) is 4.10. The highest BCUT2D eigenvalue weighted by molar-refractivity contribution is 5.84. The van der Waals surface area contributed by atoms with Crippen molar-refractivity contribution in [3.63, 3.8) is 0 Å². The molecule has 0 radical (unpaired) electrons. The van der Waals surface area contributed by atoms with Crippen molar-refractivity contribution >= 4 is 11.8 Å². The summed E-state index contributed by atoms with van der Waals surface area (Å²) in [5.41, 5.74) is 5.03. The molecular weight excluding hydrogens is 208 g/mol. The number of likely N-dealkylation sites (N-methyl/N-ethyl adjacent to an activating group) is 1. The van der Waals surface area contributed by atoms with Crippen molar-refractivity contribution in [2.24, 2.45) is 5.73 Å². The first-order chi connectivity index (χ1) is 7.59. The zero-order valence-electron chi connectivity index (χ0n) is 9.74. The fraction of sp³-hybridized carbons (Fsp3) is 0.800. The zero-order chi connectivity index (χ0) is 12.0. The summed E-state index contributed by atoms with van der Waals surface area (Å²) < 4.78 is 0. The monoisotopic (exact) mass is 228 g/mol. The molecule has 1 aliphatic heterocycles. The van der Waals surface area contributed by atoms with Gasteiger partial charge >= 0.3 is 0 Å². The Balaban J connectivity index is 2.34. The number of nitrogens with two attached hydrogens (primary N) is 1. The van der Waals surface area contributed by atoms with Crippen LogP contribution in [0, 0.1) is 0 Å². The molecule has 6 heteroatoms. The number of rotatable bonds is 4. The van der Waals surface area contributed by atoms with Gasteiger partial charge in [0.15, 0.2) is 0 Å². The molecule has 1 aliphatic rings. The number of hydrogen-bond acceptors (Lipinski definition) is 4. The van der Waals surface area contributed by atoms with Crippen LogP contribution in [-0.2, 0) is 9.59 Å². The Morgan fingerprint density at radius 3 is 2.81 bits per heavy atom. The van der Waals surface area contributed by atoms with Gasteiger partial charge in [0.2, 0.25) is 11.8 Å². The van der Waals surface area contributed by atoms with Gasteiger partial charge in [-0.1, -0.05) is 0 Å². The lowest BCUT2D eigenvalue weighted by atomic mass is 10.3. The molecule has 6 nitrogen and oxygen atoms in total. The van der Waals surface area contributed by atoms with Crippen molar-refractivity contribution in [1.82, 2.24) is 15.1 Å². The lowest BCUT2D eigenvalue weighted by Crippen LogP contribution is -2.42. The average Bonchev–Trinajstić information content (AvgIpc) is 2.45. The highest BCUT2D eigenvalue weighted by Gasteiger charge is 2.16. The number of primary amides is 1. The minimum Gasteiger partial charge on any atom is -0.368 e. The number of nitrogens with zero attached hydrogens (tertiary/aromatic N) is 2. The highest BCUT2D eigenvalue weighted by Crippen LogP contribution is 1.96. The molecule has 1 fully saturated rings. The van der Waals surface area contributed by atoms with Gasteiger partial charge in [0.05, 0.1) is 13.1 Å². The van der Waals surface area contributed by atoms with E-state index in [-0.39, 0.29) is 12.5 Å². The summed E-state index contributed by atoms with van der Waals surface area (Å²) in [7, 11) is 1.60. The molecule has 0 aromatic heterocycles. The fourth-order valence-corrected chi connectivity index (χ4v) is 1.69. The van der Waals surface area contributed by atoms with Crippen molar-refractivity contribution in [2.75, 3.05) is 46.3 Å². The van der Waals surface area contributed by atoms with Crippen LogP contribution in [0.5, 0.6) is 0 Å². The molecular formula is C10H20N4O2. The number of nitrogens with one attached hydrogen (secondary N) is 1. The number of carbonyl (C=O) groups excluding carboxylic acids is 2. The van der Waals surface area contributed by atoms with Crippen LogP contribution in [0.1, 0.15) is 6.42 Å². The summed E-state index contributed by atoms with van der Waals surface area (Å²) in [5, 5.41) is 3.27. The largest absolute Gasteiger partial charge is 0.368 e. The first kappa shape index (κ1) is 12.9. The SMILES string of the molecule is CN(CC(N)=O)C(=O)CN1CCCNCC1. The fourth-order valence-electron chi connectivity index (χ4n) is 1.69. The van der Waals surface area contributed by atoms with Crippen LogP contribution in [0.15, 0.2) is 0 Å². The summed E-state index contributed by atoms with van der Waals surface area (Å²) in [5.74, 6) is -0.533. The van der Waals surface area contributed by atoms with Crippen molar-refractivity contribution in [3.05, 3.63) is 0 Å². The Morgan fingerprint density at radius 2 is 2.12 bits per heavy atom. The van der Waals surface area contributed by atoms with E-state index in [0.29, 0.717) is 6.54 Å². The van der Waals surface area contributed by atoms with E-state index >= 15 is 0 Å². The maximum absolute atomic E-state index is 11.7. The summed E-state index contributed by atoms with van der Waals surface area (Å²) in [6, 6.07) is 0. The summed E-state index contributed by atoms with van der Waals surface area (Å²) in [6.45, 7) is 4.06. The van der Waals surface area contributed by atoms with Crippen LogP contribution in [0.3, 0.4) is 0 Å². The van der Waals surface area contributed by atoms with Crippen LogP contribution in [0.4, 0.5) is 0 Å². The first-order valence-electron chi connectivity index (χ1n) is 5.55. The topological polar surface area (TPSA) is 78.7 Å². The van der Waals surface area contributed by atoms with Crippen molar-refractivity contribution in [2.45, 2.75) is 6.42 Å². The maximum Gasteiger partial charge on any atom is 0.237 e. The molecule has 1 heterocycles. The molecule has 0 saturated carbocycles. The van der Waals surface area contributed by atoms with Crippen molar-refractivity contribution < 1.29 is 9.59 Å². The Hall–Kier alpha value is -1.14. The average molecular weight is 228 g/mol. The number of amides is 2. The lowest BCUT2D eigenvalue weighted by Gasteiger charge is -2.22. The molecule has 0 bridgehead atoms. The van der Waals surface area contributed by atoms with Gasteiger partial charge in [0.25, 0.3) is 0 Å². The van der Waals surface area contributed by atoms with E-state index in [4.69, 9.17) is 5.73 Å². The van der Waals surface area contributed by atoms with Crippen LogP contribution in [0.25, 0.3) is 0 Å². The predicted molar refractivity (Wildman–Crippen MR) is 60.8 cm³/mol. The van der Waals surface area contributed by atoms with E-state index in [0.717, 1.165) is 32.6 Å². The van der Waals surface area contributed by atoms with E-state index in [1.165, 1.54) is 4.90 Å². The number of hydrogen-bond donors (Lipinski definition) is 2. The highest BCUT2D eigenvalue weighted by atomic mass is 16.2. The maximum atomic E-state index is 11.7. The first-order valence-corrected chi connectivity index (χ1v) is 5.55. The molecule has 1 saturated heterocycles. The third kappa shape index (κ3) is 4.59. The molecule has 1 rings (SSSR count). The Morgan fingerprint density at radius 1 is 1.38 bits per heavy atom. The van der Waals surface area contributed by atoms with Crippen molar-refractivity contribution in [1.29, 1.82) is 0 Å². The van der Waals surface area contributed by atoms with E-state index < -0.39 is 5.91 Å². The van der Waals surface area contributed by atoms with Crippen LogP contribution < -0.4 is 11.1 Å². The smallest absolute Gasteiger partial charge is 0.237 e. The van der Waals surface area contributed by atoms with Gasteiger partial charge in [-0.2, -0.15) is 0 Å². The predicted octanol–water partition coefficient (Wildman–Crippen LogP) is -1.77. The van der Waals surface area contributed by atoms with Crippen LogP contribution in [-0.4, -0.2) is 67.9 Å². The summed E-state index contributed by atoms with van der Waals surface area (Å²) >= 11 is 0. The number of carbonyl (C=O) groups is 2. The normalized spacial score (nSPS) is 17.8. The molecule has 92 valence electrons. The summed E-state index contributed by atoms with van der Waals surface area (Å²) in [6.07, 6.45) is 1.05. The van der Waals surface area contributed by atoms with E-state index in [1.54, 1.807) is 7.05 Å². The molecule has 0 atom stereocenters. The van der Waals surface area contributed by atoms with Gasteiger partial charge in [-0.3, -0.25) is 14.5 Å². The van der Waals surface area contributed by atoms with Gasteiger partial charge in [0.1, 0.15) is 0 Å². The lowest BCUT2D eigenvalue weighted by molar-refractivity contribution is -0.134. The third-order valence-corrected chi connectivity index (χ3v) is 2.61. The Kier molecular flexibility index (Phi) is 5.21. The molecule has 0 spiro atoms. The van der Waals surface area contributed by atoms with Gasteiger partial charge in [-0.05, 0) is 19.5 Å². The van der Waals surface area contributed by atoms with E-state index in [2.05, 4.69) is 10.2 Å². The van der Waals surface area contributed by atoms with Gasteiger partial charge in [-0.25, -0.2) is 0 Å². The second kappa shape index (κ2) is 6.44. The Labute approximate surface area is 95.8 Å². The minimum atomic E-state index is -0.478. The molecule has 3 N–H and O–H groups in total. The third-order valence-electron chi connectivity index (χ3n) is 2.61. The van der Waals surface area contributed by atoms with E-state index in [9.17, 15) is 9.59 Å². The standard InChI is InChI=1S/C10H20N4O2/c1-13(7-9(11)15)10(16)8-14-5-2-3-12-4-6-14/h12H,2-8H2,1H3,(H2,11,15). The molecule has 0 aromatic rings. The van der Waals surface area contributed by atoms with Gasteiger partial charge < -0.3 is 16.0 Å². The van der Waals surface area contributed by atoms with Crippen LogP contribution >= 0.6 is 0 Å². The second-order valence-electron chi connectivity index (χ2n) is 4.10. The molecule has 0 aromatic carbocycles. The zero-order valence-corrected chi connectivity index (χ0v) is 9.74. The van der Waals surface area contributed by atoms with Crippen LogP contribution in [0.2, 0.25) is 0 Å².